The molecule has 1 N–H and O–H groups in total. The third-order valence-corrected chi connectivity index (χ3v) is 3.49. The molecule has 2 atom stereocenters. The van der Waals surface area contributed by atoms with Crippen molar-refractivity contribution in [1.82, 2.24) is 10.3 Å². The smallest absolute Gasteiger partial charge is 0.106 e. The summed E-state index contributed by atoms with van der Waals surface area (Å²) in [6, 6.07) is 6.48. The van der Waals surface area contributed by atoms with Gasteiger partial charge in [-0.2, -0.15) is 0 Å². The summed E-state index contributed by atoms with van der Waals surface area (Å²) < 4.78 is 6.28. The van der Waals surface area contributed by atoms with Crippen LogP contribution in [-0.2, 0) is 11.3 Å². The van der Waals surface area contributed by atoms with Crippen molar-refractivity contribution in [3.63, 3.8) is 0 Å². The molecule has 0 radical (unpaired) electrons. The number of nitrogens with one attached hydrogen (secondary N) is 1. The standard InChI is InChI=1S/C12H17BrN2O/c1-9(10-5-6-16-8-10)14-7-11-3-2-4-12(13)15-11/h2-4,9-10,14H,5-8H2,1H3. The van der Waals surface area contributed by atoms with Gasteiger partial charge in [-0.1, -0.05) is 6.07 Å². The second kappa shape index (κ2) is 5.75. The maximum atomic E-state index is 5.39. The van der Waals surface area contributed by atoms with E-state index in [-0.39, 0.29) is 0 Å². The molecule has 1 aromatic heterocycles. The Morgan fingerprint density at radius 2 is 2.50 bits per heavy atom. The number of rotatable bonds is 4. The number of aromatic nitrogens is 1. The lowest BCUT2D eigenvalue weighted by Gasteiger charge is -2.18. The molecule has 1 saturated heterocycles. The molecule has 0 saturated carbocycles. The van der Waals surface area contributed by atoms with Crippen molar-refractivity contribution >= 4 is 15.9 Å². The van der Waals surface area contributed by atoms with E-state index in [9.17, 15) is 0 Å². The van der Waals surface area contributed by atoms with Gasteiger partial charge in [-0.15, -0.1) is 0 Å². The molecule has 3 nitrogen and oxygen atoms in total. The molecule has 1 aromatic rings. The third-order valence-electron chi connectivity index (χ3n) is 3.05. The monoisotopic (exact) mass is 284 g/mol. The highest BCUT2D eigenvalue weighted by molar-refractivity contribution is 9.10. The summed E-state index contributed by atoms with van der Waals surface area (Å²) in [5.41, 5.74) is 1.07. The Balaban J connectivity index is 1.82. The molecule has 16 heavy (non-hydrogen) atoms. The Kier molecular flexibility index (Phi) is 4.32. The van der Waals surface area contributed by atoms with Crippen molar-refractivity contribution in [2.24, 2.45) is 5.92 Å². The van der Waals surface area contributed by atoms with Crippen molar-refractivity contribution in [3.05, 3.63) is 28.5 Å². The van der Waals surface area contributed by atoms with Gasteiger partial charge in [-0.3, -0.25) is 0 Å². The lowest BCUT2D eigenvalue weighted by atomic mass is 10.0. The molecule has 2 unspecified atom stereocenters. The Bertz CT molecular complexity index is 340. The van der Waals surface area contributed by atoms with Crippen LogP contribution in [0, 0.1) is 5.92 Å². The van der Waals surface area contributed by atoms with Gasteiger partial charge in [0.15, 0.2) is 0 Å². The minimum atomic E-state index is 0.489. The van der Waals surface area contributed by atoms with Crippen LogP contribution in [0.5, 0.6) is 0 Å². The molecular weight excluding hydrogens is 268 g/mol. The lowest BCUT2D eigenvalue weighted by Crippen LogP contribution is -2.33. The van der Waals surface area contributed by atoms with Gasteiger partial charge in [0.25, 0.3) is 0 Å². The molecule has 88 valence electrons. The SMILES string of the molecule is CC(NCc1cccc(Br)n1)C1CCOC1. The van der Waals surface area contributed by atoms with Gasteiger partial charge in [0.1, 0.15) is 4.60 Å². The minimum Gasteiger partial charge on any atom is -0.381 e. The first-order chi connectivity index (χ1) is 7.75. The fourth-order valence-electron chi connectivity index (χ4n) is 1.93. The first-order valence-electron chi connectivity index (χ1n) is 5.68. The predicted molar refractivity (Wildman–Crippen MR) is 67.2 cm³/mol. The maximum absolute atomic E-state index is 5.39. The fourth-order valence-corrected chi connectivity index (χ4v) is 2.31. The van der Waals surface area contributed by atoms with Gasteiger partial charge < -0.3 is 10.1 Å². The van der Waals surface area contributed by atoms with E-state index in [1.165, 1.54) is 6.42 Å². The number of nitrogens with zero attached hydrogens (tertiary/aromatic N) is 1. The minimum absolute atomic E-state index is 0.489. The van der Waals surface area contributed by atoms with Crippen LogP contribution in [0.3, 0.4) is 0 Å². The van der Waals surface area contributed by atoms with Crippen LogP contribution in [0.1, 0.15) is 19.0 Å². The van der Waals surface area contributed by atoms with E-state index in [1.807, 2.05) is 18.2 Å². The zero-order chi connectivity index (χ0) is 11.4. The Morgan fingerprint density at radius 3 is 3.19 bits per heavy atom. The number of hydrogen-bond acceptors (Lipinski definition) is 3. The van der Waals surface area contributed by atoms with E-state index in [4.69, 9.17) is 4.74 Å². The highest BCUT2D eigenvalue weighted by atomic mass is 79.9. The number of hydrogen-bond donors (Lipinski definition) is 1. The van der Waals surface area contributed by atoms with E-state index in [0.29, 0.717) is 12.0 Å². The van der Waals surface area contributed by atoms with Crippen LogP contribution >= 0.6 is 15.9 Å². The maximum Gasteiger partial charge on any atom is 0.106 e. The molecule has 2 rings (SSSR count). The van der Waals surface area contributed by atoms with Crippen molar-refractivity contribution in [3.8, 4) is 0 Å². The molecule has 1 aliphatic heterocycles. The molecule has 4 heteroatoms. The second-order valence-corrected chi connectivity index (χ2v) is 5.06. The summed E-state index contributed by atoms with van der Waals surface area (Å²) in [7, 11) is 0. The van der Waals surface area contributed by atoms with Crippen molar-refractivity contribution in [2.45, 2.75) is 25.9 Å². The van der Waals surface area contributed by atoms with Gasteiger partial charge in [-0.05, 0) is 47.3 Å². The zero-order valence-electron chi connectivity index (χ0n) is 9.45. The van der Waals surface area contributed by atoms with Crippen molar-refractivity contribution in [2.75, 3.05) is 13.2 Å². The van der Waals surface area contributed by atoms with Gasteiger partial charge in [0.05, 0.1) is 12.3 Å². The van der Waals surface area contributed by atoms with E-state index in [0.717, 1.165) is 30.1 Å². The summed E-state index contributed by atoms with van der Waals surface area (Å²) in [5.74, 6) is 0.646. The number of pyridine rings is 1. The van der Waals surface area contributed by atoms with Gasteiger partial charge in [-0.25, -0.2) is 4.98 Å². The van der Waals surface area contributed by atoms with Crippen LogP contribution in [0.2, 0.25) is 0 Å². The molecule has 0 spiro atoms. The van der Waals surface area contributed by atoms with Gasteiger partial charge >= 0.3 is 0 Å². The molecule has 0 amide bonds. The average molecular weight is 285 g/mol. The summed E-state index contributed by atoms with van der Waals surface area (Å²) in [6.45, 7) is 4.83. The zero-order valence-corrected chi connectivity index (χ0v) is 11.0. The quantitative estimate of drug-likeness (QED) is 0.862. The van der Waals surface area contributed by atoms with E-state index in [1.54, 1.807) is 0 Å². The van der Waals surface area contributed by atoms with E-state index >= 15 is 0 Å². The fraction of sp³-hybridized carbons (Fsp3) is 0.583. The highest BCUT2D eigenvalue weighted by Crippen LogP contribution is 2.16. The molecular formula is C12H17BrN2O. The molecule has 0 aliphatic carbocycles. The summed E-state index contributed by atoms with van der Waals surface area (Å²) >= 11 is 3.38. The third kappa shape index (κ3) is 3.27. The Labute approximate surface area is 105 Å². The van der Waals surface area contributed by atoms with Crippen LogP contribution in [-0.4, -0.2) is 24.2 Å². The highest BCUT2D eigenvalue weighted by Gasteiger charge is 2.21. The number of ether oxygens (including phenoxy) is 1. The Hall–Kier alpha value is -0.450. The molecule has 0 aromatic carbocycles. The molecule has 1 fully saturated rings. The predicted octanol–water partition coefficient (Wildman–Crippen LogP) is 2.36. The first kappa shape index (κ1) is 12.0. The van der Waals surface area contributed by atoms with Crippen molar-refractivity contribution < 1.29 is 4.74 Å². The molecule has 0 bridgehead atoms. The first-order valence-corrected chi connectivity index (χ1v) is 6.47. The van der Waals surface area contributed by atoms with Crippen molar-refractivity contribution in [1.29, 1.82) is 0 Å². The van der Waals surface area contributed by atoms with Gasteiger partial charge in [0, 0.05) is 19.2 Å². The van der Waals surface area contributed by atoms with Crippen LogP contribution in [0.25, 0.3) is 0 Å². The average Bonchev–Trinajstić information content (AvgIpc) is 2.79. The summed E-state index contributed by atoms with van der Waals surface area (Å²) in [4.78, 5) is 4.39. The normalized spacial score (nSPS) is 22.2. The topological polar surface area (TPSA) is 34.2 Å². The Morgan fingerprint density at radius 1 is 1.62 bits per heavy atom. The van der Waals surface area contributed by atoms with Crippen LogP contribution in [0.4, 0.5) is 0 Å². The largest absolute Gasteiger partial charge is 0.381 e. The van der Waals surface area contributed by atoms with E-state index in [2.05, 4.69) is 33.2 Å². The van der Waals surface area contributed by atoms with Crippen LogP contribution < -0.4 is 5.32 Å². The lowest BCUT2D eigenvalue weighted by molar-refractivity contribution is 0.178. The molecule has 1 aliphatic rings. The second-order valence-electron chi connectivity index (χ2n) is 4.24. The van der Waals surface area contributed by atoms with E-state index < -0.39 is 0 Å². The molecule has 2 heterocycles. The van der Waals surface area contributed by atoms with Gasteiger partial charge in [0.2, 0.25) is 0 Å². The number of halogens is 1. The summed E-state index contributed by atoms with van der Waals surface area (Å²) in [6.07, 6.45) is 1.17. The summed E-state index contributed by atoms with van der Waals surface area (Å²) in [5, 5.41) is 3.50. The van der Waals surface area contributed by atoms with Crippen LogP contribution in [0.15, 0.2) is 22.8 Å².